The van der Waals surface area contributed by atoms with E-state index in [9.17, 15) is 9.59 Å². The second-order valence-electron chi connectivity index (χ2n) is 8.10. The van der Waals surface area contributed by atoms with Crippen LogP contribution in [0.15, 0.2) is 78.9 Å². The first-order chi connectivity index (χ1) is 16.6. The highest BCUT2D eigenvalue weighted by atomic mass is 16.3. The van der Waals surface area contributed by atoms with Gasteiger partial charge >= 0.3 is 0 Å². The van der Waals surface area contributed by atoms with Crippen molar-refractivity contribution in [3.05, 3.63) is 107 Å². The predicted octanol–water partition coefficient (Wildman–Crippen LogP) is 3.27. The molecule has 174 valence electrons. The molecule has 0 heterocycles. The van der Waals surface area contributed by atoms with Gasteiger partial charge in [-0.05, 0) is 73.2 Å². The second-order valence-corrected chi connectivity index (χ2v) is 8.10. The first kappa shape index (κ1) is 24.9. The van der Waals surface area contributed by atoms with E-state index in [0.29, 0.717) is 5.56 Å². The summed E-state index contributed by atoms with van der Waals surface area (Å²) in [6.45, 7) is -0.729. The molecule has 0 unspecified atom stereocenters. The van der Waals surface area contributed by atoms with Gasteiger partial charge < -0.3 is 16.2 Å². The Kier molecular flexibility index (Phi) is 9.60. The van der Waals surface area contributed by atoms with E-state index >= 15 is 0 Å². The van der Waals surface area contributed by atoms with Gasteiger partial charge in [0.2, 0.25) is 0 Å². The van der Waals surface area contributed by atoms with E-state index in [1.165, 1.54) is 17.5 Å². The molecule has 0 aliphatic rings. The van der Waals surface area contributed by atoms with E-state index in [-0.39, 0.29) is 6.54 Å². The van der Waals surface area contributed by atoms with Crippen LogP contribution in [-0.4, -0.2) is 36.0 Å². The molecule has 5 heteroatoms. The van der Waals surface area contributed by atoms with Gasteiger partial charge in [-0.3, -0.25) is 9.59 Å². The Morgan fingerprint density at radius 1 is 0.794 bits per heavy atom. The highest BCUT2D eigenvalue weighted by Crippen LogP contribution is 2.11. The van der Waals surface area contributed by atoms with Crippen molar-refractivity contribution < 1.29 is 14.7 Å². The maximum atomic E-state index is 12.3. The fourth-order valence-corrected chi connectivity index (χ4v) is 3.53. The number of hydrogen-bond donors (Lipinski definition) is 3. The molecular formula is C29H30N2O3. The van der Waals surface area contributed by atoms with Crippen LogP contribution in [0.4, 0.5) is 0 Å². The Morgan fingerprint density at radius 2 is 1.32 bits per heavy atom. The number of aliphatic hydroxyl groups excluding tert-OH is 1. The number of nitrogens with one attached hydrogen (secondary N) is 1. The summed E-state index contributed by atoms with van der Waals surface area (Å²) >= 11 is 0. The van der Waals surface area contributed by atoms with Crippen LogP contribution < -0.4 is 11.1 Å². The predicted molar refractivity (Wildman–Crippen MR) is 134 cm³/mol. The van der Waals surface area contributed by atoms with E-state index in [1.807, 2.05) is 18.2 Å². The number of rotatable bonds is 10. The molecule has 0 spiro atoms. The third-order valence-corrected chi connectivity index (χ3v) is 5.56. The van der Waals surface area contributed by atoms with E-state index < -0.39 is 24.3 Å². The zero-order valence-electron chi connectivity index (χ0n) is 19.2. The van der Waals surface area contributed by atoms with Crippen molar-refractivity contribution in [1.82, 2.24) is 5.32 Å². The fraction of sp³-hybridized carbons (Fsp3) is 0.241. The van der Waals surface area contributed by atoms with Crippen LogP contribution >= 0.6 is 0 Å². The lowest BCUT2D eigenvalue weighted by molar-refractivity contribution is -0.123. The summed E-state index contributed by atoms with van der Waals surface area (Å²) in [6, 6.07) is 24.8. The summed E-state index contributed by atoms with van der Waals surface area (Å²) < 4.78 is 0. The third-order valence-electron chi connectivity index (χ3n) is 5.56. The second kappa shape index (κ2) is 13.1. The van der Waals surface area contributed by atoms with Crippen molar-refractivity contribution in [2.24, 2.45) is 5.73 Å². The van der Waals surface area contributed by atoms with Gasteiger partial charge in [-0.2, -0.15) is 0 Å². The Hall–Kier alpha value is -3.72. The van der Waals surface area contributed by atoms with Gasteiger partial charge in [0.25, 0.3) is 5.91 Å². The van der Waals surface area contributed by atoms with E-state index in [2.05, 4.69) is 53.6 Å². The number of hydrogen-bond acceptors (Lipinski definition) is 4. The smallest absolute Gasteiger partial charge is 0.251 e. The van der Waals surface area contributed by atoms with Gasteiger partial charge in [-0.1, -0.05) is 54.3 Å². The van der Waals surface area contributed by atoms with E-state index in [1.54, 1.807) is 24.3 Å². The summed E-state index contributed by atoms with van der Waals surface area (Å²) in [6.07, 6.45) is 4.49. The van der Waals surface area contributed by atoms with Crippen LogP contribution in [0.5, 0.6) is 0 Å². The summed E-state index contributed by atoms with van der Waals surface area (Å²) in [7, 11) is 0. The van der Waals surface area contributed by atoms with Gasteiger partial charge in [0.1, 0.15) is 12.6 Å². The summed E-state index contributed by atoms with van der Waals surface area (Å²) in [5, 5.41) is 11.5. The molecule has 3 aromatic carbocycles. The molecule has 0 saturated heterocycles. The zero-order valence-corrected chi connectivity index (χ0v) is 19.2. The van der Waals surface area contributed by atoms with Crippen molar-refractivity contribution in [3.63, 3.8) is 0 Å². The van der Waals surface area contributed by atoms with E-state index in [0.717, 1.165) is 30.4 Å². The van der Waals surface area contributed by atoms with Crippen LogP contribution in [0.25, 0.3) is 0 Å². The average Bonchev–Trinajstić information content (AvgIpc) is 2.89. The van der Waals surface area contributed by atoms with Crippen molar-refractivity contribution >= 4 is 11.7 Å². The molecule has 1 atom stereocenters. The summed E-state index contributed by atoms with van der Waals surface area (Å²) in [4.78, 5) is 23.8. The molecular weight excluding hydrogens is 424 g/mol. The maximum Gasteiger partial charge on any atom is 0.251 e. The molecule has 3 aromatic rings. The Labute approximate surface area is 201 Å². The minimum atomic E-state index is -0.899. The molecule has 0 bridgehead atoms. The minimum Gasteiger partial charge on any atom is -0.388 e. The normalized spacial score (nSPS) is 11.2. The minimum absolute atomic E-state index is 0.0683. The number of ketones is 1. The van der Waals surface area contributed by atoms with E-state index in [4.69, 9.17) is 10.8 Å². The Balaban J connectivity index is 1.49. The lowest BCUT2D eigenvalue weighted by Gasteiger charge is -2.14. The topological polar surface area (TPSA) is 92.4 Å². The number of aliphatic hydroxyl groups is 1. The molecule has 0 aliphatic heterocycles. The number of carbonyl (C=O) groups is 2. The van der Waals surface area contributed by atoms with Crippen LogP contribution in [0.2, 0.25) is 0 Å². The number of Topliss-reactive ketones (excluding diaryl/α,β-unsaturated/α-hetero) is 1. The number of nitrogens with two attached hydrogens (primary N) is 1. The first-order valence-electron chi connectivity index (χ1n) is 11.5. The Bertz CT molecular complexity index is 1130. The van der Waals surface area contributed by atoms with Crippen LogP contribution in [-0.2, 0) is 17.6 Å². The van der Waals surface area contributed by atoms with Crippen LogP contribution in [0.3, 0.4) is 0 Å². The standard InChI is InChI=1S/C29H30N2O3/c30-20-27(28(33)21-32)31-29(34)26-18-16-25(17-19-26)15-14-24-12-10-23(11-13-24)9-5-4-8-22-6-2-1-3-7-22/h1-3,6-7,10-13,16-19,27,32H,4-5,8-9,20-21,30H2,(H,31,34)/t27-/m0/s1. The molecule has 0 fully saturated rings. The van der Waals surface area contributed by atoms with Crippen molar-refractivity contribution in [1.29, 1.82) is 0 Å². The molecule has 0 saturated carbocycles. The molecule has 0 aliphatic carbocycles. The number of benzene rings is 3. The highest BCUT2D eigenvalue weighted by Gasteiger charge is 2.18. The molecule has 0 radical (unpaired) electrons. The largest absolute Gasteiger partial charge is 0.388 e. The molecule has 3 rings (SSSR count). The average molecular weight is 455 g/mol. The first-order valence-corrected chi connectivity index (χ1v) is 11.5. The molecule has 5 nitrogen and oxygen atoms in total. The highest BCUT2D eigenvalue weighted by molar-refractivity contribution is 5.98. The van der Waals surface area contributed by atoms with Crippen LogP contribution in [0.1, 0.15) is 45.5 Å². The molecule has 4 N–H and O–H groups in total. The lowest BCUT2D eigenvalue weighted by atomic mass is 10.0. The lowest BCUT2D eigenvalue weighted by Crippen LogP contribution is -2.46. The third kappa shape index (κ3) is 7.70. The van der Waals surface area contributed by atoms with Gasteiger partial charge in [-0.25, -0.2) is 0 Å². The number of aryl methyl sites for hydroxylation is 2. The number of amides is 1. The Morgan fingerprint density at radius 3 is 1.85 bits per heavy atom. The molecule has 0 aromatic heterocycles. The number of carbonyl (C=O) groups excluding carboxylic acids is 2. The van der Waals surface area contributed by atoms with Gasteiger partial charge in [0, 0.05) is 23.2 Å². The summed E-state index contributed by atoms with van der Waals surface area (Å²) in [5.74, 6) is 5.32. The number of unbranched alkanes of at least 4 members (excludes halogenated alkanes) is 1. The zero-order chi connectivity index (χ0) is 24.2. The van der Waals surface area contributed by atoms with Crippen LogP contribution in [0, 0.1) is 11.8 Å². The summed E-state index contributed by atoms with van der Waals surface area (Å²) in [5.41, 5.74) is 10.3. The van der Waals surface area contributed by atoms with Crippen molar-refractivity contribution in [2.45, 2.75) is 31.7 Å². The van der Waals surface area contributed by atoms with Gasteiger partial charge in [-0.15, -0.1) is 0 Å². The SMILES string of the molecule is NC[C@H](NC(=O)c1ccc(C#Cc2ccc(CCCCc3ccccc3)cc2)cc1)C(=O)CO. The monoisotopic (exact) mass is 454 g/mol. The van der Waals surface area contributed by atoms with Gasteiger partial charge in [0.15, 0.2) is 5.78 Å². The quantitative estimate of drug-likeness (QED) is 0.324. The van der Waals surface area contributed by atoms with Crippen molar-refractivity contribution in [2.75, 3.05) is 13.2 Å². The van der Waals surface area contributed by atoms with Gasteiger partial charge in [0.05, 0.1) is 0 Å². The molecule has 1 amide bonds. The maximum absolute atomic E-state index is 12.3. The molecule has 34 heavy (non-hydrogen) atoms. The fourth-order valence-electron chi connectivity index (χ4n) is 3.53. The van der Waals surface area contributed by atoms with Crippen molar-refractivity contribution in [3.8, 4) is 11.8 Å².